The molecule has 0 aliphatic rings. The van der Waals surface area contributed by atoms with Gasteiger partial charge in [0.15, 0.2) is 0 Å². The molecule has 8 nitrogen and oxygen atoms in total. The van der Waals surface area contributed by atoms with Crippen LogP contribution in [0.2, 0.25) is 0 Å². The standard InChI is InChI=1S/C60H41N3O.C54H37N3O/c1-5-15-42(16-6-1)44-25-29-48(30-26-44)61(46-19-9-3-10-20-46)50-33-35-51(36-34-50)63-56-40-39-54-53-23-13-14-24-58(53)64-60(54)59(56)55-38-37-52(41-57(55)63)62(47-21-11-4-12-22-47)49-31-27-45(28-32-49)43-17-7-2-8-18-43;1-5-17-38(18-6-1)39-19-15-26-43(35-39)56(42-24-11-4-12-25-42)44-27-16-28-45(36-44)57-50-33-31-46(55(40-20-7-2-8-21-40)41-22-9-3-10-23-41)37-49(50)53-51(57)34-32-48-47-29-13-14-30-52(47)58-54(48)53/h1-41H;1-37H. The second kappa shape index (κ2) is 31.2. The minimum Gasteiger partial charge on any atom is -0.455 e. The average molecular weight is 1560 g/mol. The monoisotopic (exact) mass is 1560 g/mol. The van der Waals surface area contributed by atoms with Crippen molar-refractivity contribution in [3.63, 3.8) is 0 Å². The molecule has 4 aromatic heterocycles. The highest BCUT2D eigenvalue weighted by Crippen LogP contribution is 2.49. The third-order valence-electron chi connectivity index (χ3n) is 23.5. The van der Waals surface area contributed by atoms with Gasteiger partial charge in [0.05, 0.1) is 32.8 Å². The van der Waals surface area contributed by atoms with Crippen molar-refractivity contribution in [2.24, 2.45) is 0 Å². The van der Waals surface area contributed by atoms with Crippen molar-refractivity contribution >= 4 is 156 Å². The van der Waals surface area contributed by atoms with Crippen molar-refractivity contribution < 1.29 is 8.83 Å². The van der Waals surface area contributed by atoms with Crippen LogP contribution in [0.3, 0.4) is 0 Å². The molecule has 0 fully saturated rings. The average Bonchev–Trinajstić information content (AvgIpc) is 1.56. The fourth-order valence-corrected chi connectivity index (χ4v) is 17.9. The molecule has 0 saturated carbocycles. The van der Waals surface area contributed by atoms with Crippen LogP contribution in [0.1, 0.15) is 0 Å². The molecule has 122 heavy (non-hydrogen) atoms. The SMILES string of the molecule is c1ccc(-c2ccc(N(c3ccccc3)c3ccc(-n4c5cc(N(c6ccccc6)c6ccc(-c7ccccc7)cc6)ccc5c5c6oc7ccccc7c6ccc54)cc3)cc2)cc1.c1ccc(-c2cccc(N(c3ccccc3)c3cccc(-n4c5ccc(N(c6ccccc6)c6ccccc6)cc5c5c6oc7ccccc7c6ccc54)c3)c2)cc1. The van der Waals surface area contributed by atoms with Crippen LogP contribution in [0.4, 0.5) is 68.2 Å². The van der Waals surface area contributed by atoms with Gasteiger partial charge in [-0.05, 0) is 246 Å². The zero-order valence-electron chi connectivity index (χ0n) is 66.5. The Labute approximate surface area is 706 Å². The van der Waals surface area contributed by atoms with Crippen LogP contribution in [0.15, 0.2) is 482 Å². The maximum Gasteiger partial charge on any atom is 0.145 e. The van der Waals surface area contributed by atoms with Crippen LogP contribution >= 0.6 is 0 Å². The van der Waals surface area contributed by atoms with Gasteiger partial charge in [0.1, 0.15) is 22.3 Å². The minimum atomic E-state index is 0.885. The van der Waals surface area contributed by atoms with E-state index in [9.17, 15) is 0 Å². The Kier molecular flexibility index (Phi) is 18.4. The van der Waals surface area contributed by atoms with E-state index < -0.39 is 0 Å². The maximum atomic E-state index is 6.78. The molecule has 23 rings (SSSR count). The summed E-state index contributed by atoms with van der Waals surface area (Å²) in [5.41, 5.74) is 30.1. The number of nitrogens with zero attached hydrogens (tertiary/aromatic N) is 6. The molecule has 0 saturated heterocycles. The number of furan rings is 2. The molecule has 4 heterocycles. The first-order valence-corrected chi connectivity index (χ1v) is 41.4. The molecule has 0 amide bonds. The summed E-state index contributed by atoms with van der Waals surface area (Å²) in [6.07, 6.45) is 0. The molecule has 0 aliphatic carbocycles. The van der Waals surface area contributed by atoms with Crippen LogP contribution in [0.25, 0.3) is 132 Å². The molecule has 0 bridgehead atoms. The lowest BCUT2D eigenvalue weighted by atomic mass is 10.0. The predicted octanol–water partition coefficient (Wildman–Crippen LogP) is 32.2. The lowest BCUT2D eigenvalue weighted by Crippen LogP contribution is -2.10. The molecule has 0 unspecified atom stereocenters. The van der Waals surface area contributed by atoms with E-state index in [0.29, 0.717) is 0 Å². The summed E-state index contributed by atoms with van der Waals surface area (Å²) in [5, 5.41) is 8.90. The van der Waals surface area contributed by atoms with Crippen molar-refractivity contribution in [3.8, 4) is 44.8 Å². The number of anilines is 12. The van der Waals surface area contributed by atoms with Gasteiger partial charge in [0.2, 0.25) is 0 Å². The number of fused-ring (bicyclic) bond motifs is 14. The Morgan fingerprint density at radius 3 is 0.918 bits per heavy atom. The molecule has 0 aliphatic heterocycles. The number of hydrogen-bond donors (Lipinski definition) is 0. The fraction of sp³-hybridized carbons (Fsp3) is 0. The van der Waals surface area contributed by atoms with Gasteiger partial charge in [0.25, 0.3) is 0 Å². The molecular weight excluding hydrogens is 1490 g/mol. The van der Waals surface area contributed by atoms with Crippen LogP contribution in [-0.2, 0) is 0 Å². The maximum absolute atomic E-state index is 6.78. The highest BCUT2D eigenvalue weighted by molar-refractivity contribution is 6.26. The van der Waals surface area contributed by atoms with Gasteiger partial charge in [-0.1, -0.05) is 261 Å². The van der Waals surface area contributed by atoms with Gasteiger partial charge in [-0.25, -0.2) is 0 Å². The van der Waals surface area contributed by atoms with E-state index in [4.69, 9.17) is 8.83 Å². The summed E-state index contributed by atoms with van der Waals surface area (Å²) in [7, 11) is 0. The first-order chi connectivity index (χ1) is 60.5. The van der Waals surface area contributed by atoms with Crippen LogP contribution < -0.4 is 19.6 Å². The summed E-state index contributed by atoms with van der Waals surface area (Å²) in [6, 6.07) is 168. The van der Waals surface area contributed by atoms with E-state index >= 15 is 0 Å². The molecule has 576 valence electrons. The lowest BCUT2D eigenvalue weighted by Gasteiger charge is -2.27. The van der Waals surface area contributed by atoms with Crippen molar-refractivity contribution in [2.75, 3.05) is 19.6 Å². The predicted molar refractivity (Wildman–Crippen MR) is 511 cm³/mol. The summed E-state index contributed by atoms with van der Waals surface area (Å²) in [6.45, 7) is 0. The molecule has 23 aromatic rings. The van der Waals surface area contributed by atoms with E-state index in [2.05, 4.69) is 490 Å². The fourth-order valence-electron chi connectivity index (χ4n) is 17.9. The van der Waals surface area contributed by atoms with Crippen LogP contribution in [0.5, 0.6) is 0 Å². The van der Waals surface area contributed by atoms with Gasteiger partial charge in [0, 0.05) is 112 Å². The van der Waals surface area contributed by atoms with E-state index in [1.54, 1.807) is 0 Å². The minimum absolute atomic E-state index is 0.885. The molecule has 0 spiro atoms. The summed E-state index contributed by atoms with van der Waals surface area (Å²) in [5.74, 6) is 0. The van der Waals surface area contributed by atoms with E-state index in [1.165, 1.54) is 33.4 Å². The number of benzene rings is 19. The van der Waals surface area contributed by atoms with Crippen LogP contribution in [0, 0.1) is 0 Å². The number of para-hydroxylation sites is 7. The molecule has 0 atom stereocenters. The number of rotatable bonds is 17. The largest absolute Gasteiger partial charge is 0.455 e. The van der Waals surface area contributed by atoms with Crippen molar-refractivity contribution in [1.29, 1.82) is 0 Å². The third-order valence-corrected chi connectivity index (χ3v) is 23.5. The molecule has 0 N–H and O–H groups in total. The zero-order valence-corrected chi connectivity index (χ0v) is 66.5. The van der Waals surface area contributed by atoms with Crippen molar-refractivity contribution in [1.82, 2.24) is 9.13 Å². The van der Waals surface area contributed by atoms with Crippen LogP contribution in [-0.4, -0.2) is 9.13 Å². The number of aromatic nitrogens is 2. The Morgan fingerprint density at radius 2 is 0.451 bits per heavy atom. The van der Waals surface area contributed by atoms with E-state index in [-0.39, 0.29) is 0 Å². The Balaban J connectivity index is 0.000000146. The van der Waals surface area contributed by atoms with E-state index in [0.717, 1.165) is 167 Å². The molecule has 0 radical (unpaired) electrons. The quantitative estimate of drug-likeness (QED) is 0.0905. The topological polar surface area (TPSA) is 49.1 Å². The first kappa shape index (κ1) is 72.1. The van der Waals surface area contributed by atoms with Crippen molar-refractivity contribution in [3.05, 3.63) is 473 Å². The Morgan fingerprint density at radius 1 is 0.156 bits per heavy atom. The van der Waals surface area contributed by atoms with Gasteiger partial charge in [-0.3, -0.25) is 0 Å². The molecule has 8 heteroatoms. The lowest BCUT2D eigenvalue weighted by molar-refractivity contribution is 0.672. The summed E-state index contributed by atoms with van der Waals surface area (Å²) in [4.78, 5) is 9.33. The number of hydrogen-bond acceptors (Lipinski definition) is 6. The molecular formula is C114H78N6O2. The van der Waals surface area contributed by atoms with Crippen molar-refractivity contribution in [2.45, 2.75) is 0 Å². The highest BCUT2D eigenvalue weighted by atomic mass is 16.3. The zero-order chi connectivity index (χ0) is 80.8. The summed E-state index contributed by atoms with van der Waals surface area (Å²) >= 11 is 0. The second-order valence-corrected chi connectivity index (χ2v) is 30.7. The van der Waals surface area contributed by atoms with Gasteiger partial charge < -0.3 is 37.6 Å². The summed E-state index contributed by atoms with van der Waals surface area (Å²) < 4.78 is 18.3. The van der Waals surface area contributed by atoms with Gasteiger partial charge >= 0.3 is 0 Å². The highest BCUT2D eigenvalue weighted by Gasteiger charge is 2.26. The van der Waals surface area contributed by atoms with Gasteiger partial charge in [-0.2, -0.15) is 0 Å². The van der Waals surface area contributed by atoms with Gasteiger partial charge in [-0.15, -0.1) is 0 Å². The second-order valence-electron chi connectivity index (χ2n) is 30.7. The third kappa shape index (κ3) is 13.2. The Hall–Kier alpha value is -16.4. The Bertz CT molecular complexity index is 7670. The smallest absolute Gasteiger partial charge is 0.145 e. The first-order valence-electron chi connectivity index (χ1n) is 41.4. The normalized spacial score (nSPS) is 11.4. The van der Waals surface area contributed by atoms with E-state index in [1.807, 2.05) is 12.1 Å². The molecule has 19 aromatic carbocycles.